The molecule has 1 heterocycles. The average Bonchev–Trinajstić information content (AvgIpc) is 2.74. The fraction of sp³-hybridized carbons (Fsp3) is 0.368. The van der Waals surface area contributed by atoms with Gasteiger partial charge in [-0.3, -0.25) is 0 Å². The van der Waals surface area contributed by atoms with Gasteiger partial charge in [-0.15, -0.1) is 0 Å². The largest absolute Gasteiger partial charge is 0.497 e. The fourth-order valence-electron chi connectivity index (χ4n) is 3.25. The summed E-state index contributed by atoms with van der Waals surface area (Å²) in [5.41, 5.74) is 0. The maximum absolute atomic E-state index is 12.9. The van der Waals surface area contributed by atoms with Crippen molar-refractivity contribution in [1.29, 1.82) is 0 Å². The van der Waals surface area contributed by atoms with Crippen LogP contribution in [0.1, 0.15) is 12.8 Å². The first kappa shape index (κ1) is 20.6. The number of hydrogen-bond donors (Lipinski definition) is 0. The van der Waals surface area contributed by atoms with Crippen LogP contribution < -0.4 is 9.47 Å². The van der Waals surface area contributed by atoms with E-state index in [1.165, 1.54) is 42.8 Å². The van der Waals surface area contributed by atoms with Crippen molar-refractivity contribution in [3.05, 3.63) is 48.5 Å². The van der Waals surface area contributed by atoms with Crippen molar-refractivity contribution in [2.75, 3.05) is 27.3 Å². The molecule has 0 aliphatic carbocycles. The van der Waals surface area contributed by atoms with E-state index in [4.69, 9.17) is 9.47 Å². The lowest BCUT2D eigenvalue weighted by atomic mass is 10.2. The summed E-state index contributed by atoms with van der Waals surface area (Å²) >= 11 is 0. The van der Waals surface area contributed by atoms with Crippen LogP contribution in [0.5, 0.6) is 11.5 Å². The smallest absolute Gasteiger partial charge is 0.243 e. The SMILES string of the molecule is COc1ccc(S(=O)(=O)C2CCN(S(=O)(=O)c3cccc(OC)c3)CC2)cc1. The predicted octanol–water partition coefficient (Wildman–Crippen LogP) is 2.33. The number of piperidine rings is 1. The highest BCUT2D eigenvalue weighted by molar-refractivity contribution is 7.92. The van der Waals surface area contributed by atoms with Gasteiger partial charge in [0.15, 0.2) is 9.84 Å². The van der Waals surface area contributed by atoms with Gasteiger partial charge in [-0.05, 0) is 49.2 Å². The quantitative estimate of drug-likeness (QED) is 0.706. The third kappa shape index (κ3) is 4.01. The highest BCUT2D eigenvalue weighted by atomic mass is 32.2. The highest BCUT2D eigenvalue weighted by Crippen LogP contribution is 2.29. The fourth-order valence-corrected chi connectivity index (χ4v) is 6.49. The lowest BCUT2D eigenvalue weighted by Gasteiger charge is -2.31. The minimum absolute atomic E-state index is 0.142. The molecule has 0 N–H and O–H groups in total. The zero-order valence-electron chi connectivity index (χ0n) is 15.7. The lowest BCUT2D eigenvalue weighted by molar-refractivity contribution is 0.345. The standard InChI is InChI=1S/C19H23NO6S2/c1-25-15-6-8-17(9-7-15)27(21,22)18-10-12-20(13-11-18)28(23,24)19-5-3-4-16(14-19)26-2/h3-9,14,18H,10-13H2,1-2H3. The van der Waals surface area contributed by atoms with Gasteiger partial charge >= 0.3 is 0 Å². The molecule has 1 fully saturated rings. The van der Waals surface area contributed by atoms with Gasteiger partial charge in [0, 0.05) is 19.2 Å². The maximum atomic E-state index is 12.9. The molecule has 0 saturated carbocycles. The van der Waals surface area contributed by atoms with Crippen LogP contribution in [0, 0.1) is 0 Å². The molecule has 0 radical (unpaired) electrons. The second-order valence-corrected chi connectivity index (χ2v) is 10.7. The number of ether oxygens (including phenoxy) is 2. The van der Waals surface area contributed by atoms with E-state index in [1.807, 2.05) is 0 Å². The van der Waals surface area contributed by atoms with Crippen molar-refractivity contribution in [2.45, 2.75) is 27.9 Å². The summed E-state index contributed by atoms with van der Waals surface area (Å²) in [6.07, 6.45) is 0.495. The lowest BCUT2D eigenvalue weighted by Crippen LogP contribution is -2.42. The van der Waals surface area contributed by atoms with Crippen molar-refractivity contribution in [1.82, 2.24) is 4.31 Å². The van der Waals surface area contributed by atoms with Gasteiger partial charge in [0.2, 0.25) is 10.0 Å². The summed E-state index contributed by atoms with van der Waals surface area (Å²) in [5, 5.41) is -0.613. The molecule has 9 heteroatoms. The van der Waals surface area contributed by atoms with E-state index in [2.05, 4.69) is 0 Å². The molecule has 0 amide bonds. The predicted molar refractivity (Wildman–Crippen MR) is 105 cm³/mol. The summed E-state index contributed by atoms with van der Waals surface area (Å²) in [6, 6.07) is 12.5. The van der Waals surface area contributed by atoms with Gasteiger partial charge in [0.1, 0.15) is 11.5 Å². The van der Waals surface area contributed by atoms with Gasteiger partial charge in [0.25, 0.3) is 0 Å². The van der Waals surface area contributed by atoms with Crippen LogP contribution in [-0.2, 0) is 19.9 Å². The van der Waals surface area contributed by atoms with Gasteiger partial charge in [-0.1, -0.05) is 6.07 Å². The molecule has 1 aliphatic rings. The van der Waals surface area contributed by atoms with Crippen LogP contribution in [0.4, 0.5) is 0 Å². The number of nitrogens with zero attached hydrogens (tertiary/aromatic N) is 1. The average molecular weight is 426 g/mol. The first-order valence-corrected chi connectivity index (χ1v) is 11.8. The summed E-state index contributed by atoms with van der Waals surface area (Å²) in [7, 11) is -4.23. The normalized spacial score (nSPS) is 16.6. The van der Waals surface area contributed by atoms with Gasteiger partial charge < -0.3 is 9.47 Å². The zero-order chi connectivity index (χ0) is 20.4. The van der Waals surface area contributed by atoms with E-state index in [9.17, 15) is 16.8 Å². The molecule has 0 spiro atoms. The molecule has 0 atom stereocenters. The topological polar surface area (TPSA) is 90.0 Å². The Bertz CT molecular complexity index is 1020. The second-order valence-electron chi connectivity index (χ2n) is 6.50. The molecule has 7 nitrogen and oxygen atoms in total. The summed E-state index contributed by atoms with van der Waals surface area (Å²) < 4.78 is 63.0. The van der Waals surface area contributed by atoms with Crippen molar-refractivity contribution < 1.29 is 26.3 Å². The summed E-state index contributed by atoms with van der Waals surface area (Å²) in [5.74, 6) is 1.04. The maximum Gasteiger partial charge on any atom is 0.243 e. The van der Waals surface area contributed by atoms with E-state index >= 15 is 0 Å². The van der Waals surface area contributed by atoms with E-state index in [0.717, 1.165) is 0 Å². The molecule has 0 bridgehead atoms. The third-order valence-electron chi connectivity index (χ3n) is 4.91. The molecule has 0 aromatic heterocycles. The van der Waals surface area contributed by atoms with E-state index < -0.39 is 25.1 Å². The molecule has 1 saturated heterocycles. The molecular weight excluding hydrogens is 402 g/mol. The minimum Gasteiger partial charge on any atom is -0.497 e. The monoisotopic (exact) mass is 425 g/mol. The molecule has 152 valence electrons. The Morgan fingerprint density at radius 1 is 0.821 bits per heavy atom. The molecule has 2 aromatic carbocycles. The van der Waals surface area contributed by atoms with Crippen molar-refractivity contribution in [2.24, 2.45) is 0 Å². The Morgan fingerprint density at radius 2 is 1.43 bits per heavy atom. The number of benzene rings is 2. The zero-order valence-corrected chi connectivity index (χ0v) is 17.4. The van der Waals surface area contributed by atoms with Gasteiger partial charge in [-0.25, -0.2) is 16.8 Å². The third-order valence-corrected chi connectivity index (χ3v) is 9.08. The van der Waals surface area contributed by atoms with E-state index in [-0.39, 0.29) is 35.7 Å². The van der Waals surface area contributed by atoms with E-state index in [1.54, 1.807) is 24.3 Å². The summed E-state index contributed by atoms with van der Waals surface area (Å²) in [6.45, 7) is 0.305. The van der Waals surface area contributed by atoms with Crippen LogP contribution >= 0.6 is 0 Å². The van der Waals surface area contributed by atoms with Gasteiger partial charge in [-0.2, -0.15) is 4.31 Å². The van der Waals surface area contributed by atoms with Crippen LogP contribution in [0.2, 0.25) is 0 Å². The van der Waals surface area contributed by atoms with Crippen molar-refractivity contribution in [3.63, 3.8) is 0 Å². The van der Waals surface area contributed by atoms with Crippen LogP contribution in [0.15, 0.2) is 58.3 Å². The Morgan fingerprint density at radius 3 is 2.00 bits per heavy atom. The molecule has 28 heavy (non-hydrogen) atoms. The van der Waals surface area contributed by atoms with Crippen molar-refractivity contribution >= 4 is 19.9 Å². The van der Waals surface area contributed by atoms with Crippen LogP contribution in [0.25, 0.3) is 0 Å². The number of methoxy groups -OCH3 is 2. The minimum atomic E-state index is -3.70. The first-order valence-electron chi connectivity index (χ1n) is 8.81. The Hall–Kier alpha value is -2.10. The van der Waals surface area contributed by atoms with Gasteiger partial charge in [0.05, 0.1) is 29.3 Å². The number of hydrogen-bond acceptors (Lipinski definition) is 6. The Labute approximate surface area is 165 Å². The molecule has 3 rings (SSSR count). The number of sulfonamides is 1. The molecular formula is C19H23NO6S2. The van der Waals surface area contributed by atoms with Crippen LogP contribution in [0.3, 0.4) is 0 Å². The number of sulfone groups is 1. The number of rotatable bonds is 6. The summed E-state index contributed by atoms with van der Waals surface area (Å²) in [4.78, 5) is 0.366. The first-order chi connectivity index (χ1) is 13.3. The van der Waals surface area contributed by atoms with E-state index in [0.29, 0.717) is 11.5 Å². The molecule has 2 aromatic rings. The second kappa shape index (κ2) is 8.10. The molecule has 0 unspecified atom stereocenters. The Kier molecular flexibility index (Phi) is 5.97. The van der Waals surface area contributed by atoms with Crippen molar-refractivity contribution in [3.8, 4) is 11.5 Å². The Balaban J connectivity index is 1.74. The highest BCUT2D eigenvalue weighted by Gasteiger charge is 2.35. The van der Waals surface area contributed by atoms with Crippen LogP contribution in [-0.4, -0.2) is 53.7 Å². The molecule has 1 aliphatic heterocycles.